The van der Waals surface area contributed by atoms with E-state index < -0.39 is 24.1 Å². The molecule has 2 atom stereocenters. The highest BCUT2D eigenvalue weighted by Gasteiger charge is 2.38. The van der Waals surface area contributed by atoms with Crippen LogP contribution >= 0.6 is 34.2 Å². The summed E-state index contributed by atoms with van der Waals surface area (Å²) in [6, 6.07) is 0. The fraction of sp³-hybridized carbons (Fsp3) is 0.714. The summed E-state index contributed by atoms with van der Waals surface area (Å²) in [4.78, 5) is 23.9. The lowest BCUT2D eigenvalue weighted by atomic mass is 10.2. The average molecular weight is 573 g/mol. The predicted molar refractivity (Wildman–Crippen MR) is 135 cm³/mol. The minimum atomic E-state index is -1.93. The summed E-state index contributed by atoms with van der Waals surface area (Å²) in [7, 11) is -1.93. The van der Waals surface area contributed by atoms with Gasteiger partial charge in [0.2, 0.25) is 0 Å². The zero-order valence-corrected chi connectivity index (χ0v) is 23.6. The number of ether oxygens (including phenoxy) is 1. The number of alkyl halides is 1. The van der Waals surface area contributed by atoms with Crippen molar-refractivity contribution in [3.63, 3.8) is 0 Å². The molecule has 0 saturated carbocycles. The Hall–Kier alpha value is -0.583. The Balaban J connectivity index is 4.81. The smallest absolute Gasteiger partial charge is 0.408 e. The quantitative estimate of drug-likeness (QED) is 0.149. The van der Waals surface area contributed by atoms with Crippen LogP contribution in [0.3, 0.4) is 0 Å². The van der Waals surface area contributed by atoms with Gasteiger partial charge in [0.05, 0.1) is 6.10 Å². The minimum Gasteiger partial charge on any atom is -0.444 e. The maximum absolute atomic E-state index is 12.2. The lowest BCUT2D eigenvalue weighted by Crippen LogP contribution is -2.44. The van der Waals surface area contributed by atoms with Crippen molar-refractivity contribution in [2.24, 2.45) is 0 Å². The molecule has 0 aromatic rings. The second-order valence-corrected chi connectivity index (χ2v) is 16.3. The van der Waals surface area contributed by atoms with Crippen LogP contribution < -0.4 is 10.6 Å². The van der Waals surface area contributed by atoms with E-state index in [0.29, 0.717) is 12.8 Å². The molecule has 0 bridgehead atoms. The summed E-state index contributed by atoms with van der Waals surface area (Å²) < 4.78 is 10.9. The number of hydrogen-bond acceptors (Lipinski definition) is 4. The van der Waals surface area contributed by atoms with E-state index in [0.717, 1.165) is 5.03 Å². The van der Waals surface area contributed by atoms with Gasteiger partial charge < -0.3 is 19.8 Å². The third-order valence-electron chi connectivity index (χ3n) is 4.55. The molecule has 9 heteroatoms. The minimum absolute atomic E-state index is 0.0250. The van der Waals surface area contributed by atoms with E-state index in [1.54, 1.807) is 27.0 Å². The molecule has 0 aliphatic heterocycles. The molecule has 0 aliphatic carbocycles. The Labute approximate surface area is 201 Å². The van der Waals surface area contributed by atoms with Crippen LogP contribution in [0.1, 0.15) is 61.3 Å². The Morgan fingerprint density at radius 2 is 1.70 bits per heavy atom. The first-order valence-corrected chi connectivity index (χ1v) is 14.6. The van der Waals surface area contributed by atoms with Crippen LogP contribution in [0.4, 0.5) is 4.79 Å². The van der Waals surface area contributed by atoms with E-state index >= 15 is 0 Å². The van der Waals surface area contributed by atoms with Gasteiger partial charge in [-0.25, -0.2) is 4.79 Å². The molecule has 30 heavy (non-hydrogen) atoms. The molecule has 0 heterocycles. The second kappa shape index (κ2) is 12.5. The van der Waals surface area contributed by atoms with Crippen LogP contribution in [-0.4, -0.2) is 36.1 Å². The average Bonchev–Trinajstić information content (AvgIpc) is 2.52. The maximum Gasteiger partial charge on any atom is 0.408 e. The number of hydrogen-bond donors (Lipinski definition) is 2. The van der Waals surface area contributed by atoms with Crippen LogP contribution in [0, 0.1) is 0 Å². The molecule has 2 amide bonds. The van der Waals surface area contributed by atoms with Crippen LogP contribution in [-0.2, 0) is 14.0 Å². The SMILES string of the molecule is C/C(Cl)=C\C[C@@H](C/C=C\NC(=O)[C@H](I)NC(=O)OC(C)(C)C)O[Si](C)(C)C(C)(C)C. The van der Waals surface area contributed by atoms with Crippen molar-refractivity contribution in [3.8, 4) is 0 Å². The summed E-state index contributed by atoms with van der Waals surface area (Å²) in [5.41, 5.74) is -0.619. The van der Waals surface area contributed by atoms with E-state index in [-0.39, 0.29) is 17.0 Å². The first-order valence-electron chi connectivity index (χ1n) is 10.0. The number of amides is 2. The molecule has 0 radical (unpaired) electrons. The summed E-state index contributed by atoms with van der Waals surface area (Å²) in [6.45, 7) is 18.2. The predicted octanol–water partition coefficient (Wildman–Crippen LogP) is 6.22. The van der Waals surface area contributed by atoms with E-state index in [2.05, 4.69) is 44.5 Å². The summed E-state index contributed by atoms with van der Waals surface area (Å²) >= 11 is 7.85. The summed E-state index contributed by atoms with van der Waals surface area (Å²) in [5.74, 6) is -0.337. The molecule has 0 aliphatic rings. The van der Waals surface area contributed by atoms with E-state index in [1.165, 1.54) is 0 Å². The third kappa shape index (κ3) is 13.0. The van der Waals surface area contributed by atoms with Crippen LogP contribution in [0.2, 0.25) is 18.1 Å². The van der Waals surface area contributed by atoms with Gasteiger partial charge in [-0.2, -0.15) is 0 Å². The van der Waals surface area contributed by atoms with Gasteiger partial charge in [0, 0.05) is 5.03 Å². The van der Waals surface area contributed by atoms with Crippen molar-refractivity contribution < 1.29 is 18.8 Å². The molecule has 0 fully saturated rings. The van der Waals surface area contributed by atoms with Gasteiger partial charge in [-0.05, 0) is 87.5 Å². The monoisotopic (exact) mass is 572 g/mol. The maximum atomic E-state index is 12.2. The van der Waals surface area contributed by atoms with Crippen molar-refractivity contribution in [2.75, 3.05) is 0 Å². The molecule has 0 saturated heterocycles. The number of carbonyl (C=O) groups excluding carboxylic acids is 2. The van der Waals surface area contributed by atoms with Gasteiger partial charge in [0.25, 0.3) is 5.91 Å². The zero-order chi connectivity index (χ0) is 23.8. The van der Waals surface area contributed by atoms with Crippen molar-refractivity contribution >= 4 is 54.5 Å². The van der Waals surface area contributed by atoms with E-state index in [1.807, 2.05) is 41.7 Å². The molecule has 0 rings (SSSR count). The first-order chi connectivity index (χ1) is 13.4. The van der Waals surface area contributed by atoms with Crippen LogP contribution in [0.15, 0.2) is 23.4 Å². The molecule has 2 N–H and O–H groups in total. The molecule has 0 aromatic carbocycles. The Kier molecular flexibility index (Phi) is 12.2. The normalized spacial score (nSPS) is 15.6. The fourth-order valence-electron chi connectivity index (χ4n) is 1.99. The lowest BCUT2D eigenvalue weighted by Gasteiger charge is -2.39. The largest absolute Gasteiger partial charge is 0.444 e. The highest BCUT2D eigenvalue weighted by molar-refractivity contribution is 14.1. The van der Waals surface area contributed by atoms with E-state index in [9.17, 15) is 9.59 Å². The van der Waals surface area contributed by atoms with Crippen LogP contribution in [0.25, 0.3) is 0 Å². The molecular weight excluding hydrogens is 535 g/mol. The lowest BCUT2D eigenvalue weighted by molar-refractivity contribution is -0.119. The molecule has 0 aromatic heterocycles. The van der Waals surface area contributed by atoms with Gasteiger partial charge in [-0.1, -0.05) is 44.5 Å². The standard InChI is InChI=1S/C21H38ClIN2O4Si/c1-15(22)12-13-16(29-30(8,9)21(5,6)7)11-10-14-24-18(26)17(23)25-19(27)28-20(2,3)4/h10,12,14,16-17H,11,13H2,1-9H3,(H,24,26)(H,25,27)/b14-10-,15-12+/t16-,17-/m1/s1. The molecule has 0 spiro atoms. The number of allylic oxidation sites excluding steroid dienone is 1. The number of alkyl carbamates (subject to hydrolysis) is 1. The fourth-order valence-corrected chi connectivity index (χ4v) is 3.89. The summed E-state index contributed by atoms with van der Waals surface area (Å²) in [5, 5.41) is 6.02. The highest BCUT2D eigenvalue weighted by atomic mass is 127. The Morgan fingerprint density at radius 3 is 2.17 bits per heavy atom. The van der Waals surface area contributed by atoms with Crippen molar-refractivity contribution in [1.82, 2.24) is 10.6 Å². The van der Waals surface area contributed by atoms with Gasteiger partial charge >= 0.3 is 6.09 Å². The van der Waals surface area contributed by atoms with Crippen molar-refractivity contribution in [2.45, 2.75) is 95.2 Å². The number of rotatable bonds is 9. The Bertz CT molecular complexity index is 636. The zero-order valence-electron chi connectivity index (χ0n) is 19.7. The van der Waals surface area contributed by atoms with E-state index in [4.69, 9.17) is 20.8 Å². The van der Waals surface area contributed by atoms with Gasteiger partial charge in [-0.15, -0.1) is 0 Å². The van der Waals surface area contributed by atoms with Gasteiger partial charge in [0.1, 0.15) is 5.60 Å². The van der Waals surface area contributed by atoms with Crippen molar-refractivity contribution in [3.05, 3.63) is 23.4 Å². The second-order valence-electron chi connectivity index (χ2n) is 9.68. The molecular formula is C21H38ClIN2O4Si. The van der Waals surface area contributed by atoms with Crippen LogP contribution in [0.5, 0.6) is 0 Å². The van der Waals surface area contributed by atoms with Crippen molar-refractivity contribution in [1.29, 1.82) is 0 Å². The first kappa shape index (κ1) is 29.4. The topological polar surface area (TPSA) is 76.7 Å². The highest BCUT2D eigenvalue weighted by Crippen LogP contribution is 2.38. The van der Waals surface area contributed by atoms with Gasteiger partial charge in [-0.3, -0.25) is 4.79 Å². The van der Waals surface area contributed by atoms with Gasteiger partial charge in [0.15, 0.2) is 12.4 Å². The molecule has 0 unspecified atom stereocenters. The number of halogens is 2. The third-order valence-corrected chi connectivity index (χ3v) is 10.1. The number of carbonyl (C=O) groups is 2. The Morgan fingerprint density at radius 1 is 1.13 bits per heavy atom. The number of nitrogens with one attached hydrogen (secondary N) is 2. The summed E-state index contributed by atoms with van der Waals surface area (Å²) in [6.07, 6.45) is 6.09. The molecule has 6 nitrogen and oxygen atoms in total. The molecule has 174 valence electrons.